The highest BCUT2D eigenvalue weighted by Crippen LogP contribution is 2.31. The Morgan fingerprint density at radius 1 is 1.21 bits per heavy atom. The number of hydrogen-bond acceptors (Lipinski definition) is 3. The van der Waals surface area contributed by atoms with Gasteiger partial charge in [-0.25, -0.2) is 0 Å². The predicted octanol–water partition coefficient (Wildman–Crippen LogP) is 1.93. The lowest BCUT2D eigenvalue weighted by Crippen LogP contribution is -2.59. The number of rotatable bonds is 6. The summed E-state index contributed by atoms with van der Waals surface area (Å²) in [6.07, 6.45) is 8.37. The van der Waals surface area contributed by atoms with E-state index in [0.29, 0.717) is 0 Å². The SMILES string of the molecule is CCCCN(CC1CCCN1)C1CN2CCC1CC2. The Balaban J connectivity index is 1.60. The van der Waals surface area contributed by atoms with E-state index in [1.54, 1.807) is 0 Å². The Morgan fingerprint density at radius 3 is 2.63 bits per heavy atom. The van der Waals surface area contributed by atoms with E-state index in [9.17, 15) is 0 Å². The molecule has 4 aliphatic heterocycles. The molecule has 4 fully saturated rings. The number of piperidine rings is 3. The van der Waals surface area contributed by atoms with Gasteiger partial charge in [0.05, 0.1) is 0 Å². The van der Waals surface area contributed by atoms with Crippen molar-refractivity contribution in [2.24, 2.45) is 5.92 Å². The van der Waals surface area contributed by atoms with Crippen molar-refractivity contribution in [1.82, 2.24) is 15.1 Å². The van der Waals surface area contributed by atoms with Crippen molar-refractivity contribution >= 4 is 0 Å². The molecular weight excluding hydrogens is 234 g/mol. The summed E-state index contributed by atoms with van der Waals surface area (Å²) < 4.78 is 0. The summed E-state index contributed by atoms with van der Waals surface area (Å²) in [6, 6.07) is 1.63. The van der Waals surface area contributed by atoms with E-state index in [0.717, 1.165) is 18.0 Å². The molecule has 4 saturated heterocycles. The second-order valence-electron chi connectivity index (χ2n) is 6.85. The van der Waals surface area contributed by atoms with Crippen molar-refractivity contribution in [3.8, 4) is 0 Å². The number of unbranched alkanes of at least 4 members (excludes halogenated alkanes) is 1. The predicted molar refractivity (Wildman–Crippen MR) is 80.5 cm³/mol. The third-order valence-corrected chi connectivity index (χ3v) is 5.51. The van der Waals surface area contributed by atoms with Crippen LogP contribution in [0.15, 0.2) is 0 Å². The number of nitrogens with zero attached hydrogens (tertiary/aromatic N) is 2. The normalized spacial score (nSPS) is 38.2. The van der Waals surface area contributed by atoms with E-state index >= 15 is 0 Å². The molecule has 2 bridgehead atoms. The van der Waals surface area contributed by atoms with E-state index in [4.69, 9.17) is 0 Å². The van der Waals surface area contributed by atoms with Crippen LogP contribution in [0.2, 0.25) is 0 Å². The van der Waals surface area contributed by atoms with Gasteiger partial charge in [-0.05, 0) is 64.2 Å². The fourth-order valence-electron chi connectivity index (χ4n) is 4.30. The molecule has 3 heteroatoms. The van der Waals surface area contributed by atoms with Crippen LogP contribution < -0.4 is 5.32 Å². The minimum atomic E-state index is 0.771. The van der Waals surface area contributed by atoms with Crippen molar-refractivity contribution in [3.05, 3.63) is 0 Å². The summed E-state index contributed by atoms with van der Waals surface area (Å²) >= 11 is 0. The van der Waals surface area contributed by atoms with Gasteiger partial charge in [-0.1, -0.05) is 13.3 Å². The van der Waals surface area contributed by atoms with Crippen LogP contribution in [0.3, 0.4) is 0 Å². The second-order valence-corrected chi connectivity index (χ2v) is 6.85. The molecule has 0 aromatic carbocycles. The highest BCUT2D eigenvalue weighted by molar-refractivity contribution is 4.93. The average molecular weight is 265 g/mol. The molecule has 0 aromatic heterocycles. The summed E-state index contributed by atoms with van der Waals surface area (Å²) in [4.78, 5) is 5.55. The molecule has 2 atom stereocenters. The Kier molecular flexibility index (Phi) is 4.78. The maximum absolute atomic E-state index is 3.69. The average Bonchev–Trinajstić information content (AvgIpc) is 2.97. The number of fused-ring (bicyclic) bond motifs is 3. The molecule has 4 heterocycles. The van der Waals surface area contributed by atoms with Crippen LogP contribution in [-0.4, -0.2) is 61.2 Å². The summed E-state index contributed by atoms with van der Waals surface area (Å²) in [5.74, 6) is 0.989. The molecule has 0 aromatic rings. The number of nitrogens with one attached hydrogen (secondary N) is 1. The molecule has 2 unspecified atom stereocenters. The van der Waals surface area contributed by atoms with E-state index in [1.165, 1.54) is 77.8 Å². The van der Waals surface area contributed by atoms with Gasteiger partial charge in [-0.2, -0.15) is 0 Å². The van der Waals surface area contributed by atoms with E-state index < -0.39 is 0 Å². The topological polar surface area (TPSA) is 18.5 Å². The first kappa shape index (κ1) is 13.8. The van der Waals surface area contributed by atoms with Gasteiger partial charge in [0.15, 0.2) is 0 Å². The Labute approximate surface area is 118 Å². The van der Waals surface area contributed by atoms with Crippen molar-refractivity contribution in [2.75, 3.05) is 39.3 Å². The van der Waals surface area contributed by atoms with Crippen LogP contribution in [0, 0.1) is 5.92 Å². The summed E-state index contributed by atoms with van der Waals surface area (Å²) in [5, 5.41) is 3.69. The summed E-state index contributed by atoms with van der Waals surface area (Å²) in [7, 11) is 0. The highest BCUT2D eigenvalue weighted by Gasteiger charge is 2.37. The monoisotopic (exact) mass is 265 g/mol. The van der Waals surface area contributed by atoms with Gasteiger partial charge in [0.1, 0.15) is 0 Å². The standard InChI is InChI=1S/C16H31N3/c1-2-3-9-19(12-15-5-4-8-17-15)16-13-18-10-6-14(16)7-11-18/h14-17H,2-13H2,1H3. The lowest BCUT2D eigenvalue weighted by molar-refractivity contribution is 0.00153. The molecule has 1 N–H and O–H groups in total. The van der Waals surface area contributed by atoms with Crippen LogP contribution in [0.25, 0.3) is 0 Å². The molecule has 0 saturated carbocycles. The zero-order chi connectivity index (χ0) is 13.1. The zero-order valence-corrected chi connectivity index (χ0v) is 12.6. The third-order valence-electron chi connectivity index (χ3n) is 5.51. The molecule has 0 spiro atoms. The van der Waals surface area contributed by atoms with E-state index in [-0.39, 0.29) is 0 Å². The van der Waals surface area contributed by atoms with Crippen LogP contribution >= 0.6 is 0 Å². The molecule has 4 aliphatic rings. The molecule has 3 nitrogen and oxygen atoms in total. The molecule has 0 amide bonds. The van der Waals surface area contributed by atoms with E-state index in [1.807, 2.05) is 0 Å². The quantitative estimate of drug-likeness (QED) is 0.792. The lowest BCUT2D eigenvalue weighted by Gasteiger charge is -2.49. The Hall–Kier alpha value is -0.120. The molecule has 0 radical (unpaired) electrons. The van der Waals surface area contributed by atoms with Gasteiger partial charge in [0.25, 0.3) is 0 Å². The molecule has 4 rings (SSSR count). The van der Waals surface area contributed by atoms with Gasteiger partial charge in [-0.3, -0.25) is 4.90 Å². The summed E-state index contributed by atoms with van der Waals surface area (Å²) in [6.45, 7) is 10.3. The van der Waals surface area contributed by atoms with Gasteiger partial charge >= 0.3 is 0 Å². The molecule has 0 aliphatic carbocycles. The van der Waals surface area contributed by atoms with Crippen molar-refractivity contribution in [2.45, 2.75) is 57.5 Å². The number of hydrogen-bond donors (Lipinski definition) is 1. The largest absolute Gasteiger partial charge is 0.313 e. The first-order chi connectivity index (χ1) is 9.36. The fourth-order valence-corrected chi connectivity index (χ4v) is 4.30. The zero-order valence-electron chi connectivity index (χ0n) is 12.6. The van der Waals surface area contributed by atoms with E-state index in [2.05, 4.69) is 22.0 Å². The van der Waals surface area contributed by atoms with Gasteiger partial charge < -0.3 is 10.2 Å². The first-order valence-electron chi connectivity index (χ1n) is 8.56. The lowest BCUT2D eigenvalue weighted by atomic mass is 9.83. The second kappa shape index (κ2) is 6.55. The molecular formula is C16H31N3. The van der Waals surface area contributed by atoms with Gasteiger partial charge in [0.2, 0.25) is 0 Å². The Morgan fingerprint density at radius 2 is 2.05 bits per heavy atom. The smallest absolute Gasteiger partial charge is 0.0252 e. The molecule has 110 valence electrons. The maximum atomic E-state index is 3.69. The van der Waals surface area contributed by atoms with Crippen molar-refractivity contribution < 1.29 is 0 Å². The van der Waals surface area contributed by atoms with Gasteiger partial charge in [0, 0.05) is 25.2 Å². The van der Waals surface area contributed by atoms with Crippen molar-refractivity contribution in [3.63, 3.8) is 0 Å². The third kappa shape index (κ3) is 3.32. The van der Waals surface area contributed by atoms with Gasteiger partial charge in [-0.15, -0.1) is 0 Å². The highest BCUT2D eigenvalue weighted by atomic mass is 15.3. The van der Waals surface area contributed by atoms with Crippen LogP contribution in [0.1, 0.15) is 45.4 Å². The first-order valence-corrected chi connectivity index (χ1v) is 8.56. The minimum Gasteiger partial charge on any atom is -0.313 e. The Bertz CT molecular complexity index is 267. The fraction of sp³-hybridized carbons (Fsp3) is 1.00. The summed E-state index contributed by atoms with van der Waals surface area (Å²) in [5.41, 5.74) is 0. The maximum Gasteiger partial charge on any atom is 0.0252 e. The van der Waals surface area contributed by atoms with Crippen LogP contribution in [0.4, 0.5) is 0 Å². The van der Waals surface area contributed by atoms with Crippen LogP contribution in [0.5, 0.6) is 0 Å². The van der Waals surface area contributed by atoms with Crippen molar-refractivity contribution in [1.29, 1.82) is 0 Å². The molecule has 19 heavy (non-hydrogen) atoms. The minimum absolute atomic E-state index is 0.771. The van der Waals surface area contributed by atoms with Crippen LogP contribution in [-0.2, 0) is 0 Å².